The van der Waals surface area contributed by atoms with Crippen LogP contribution in [0, 0.1) is 0 Å². The summed E-state index contributed by atoms with van der Waals surface area (Å²) in [6.07, 6.45) is -0.446. The molecule has 0 fully saturated rings. The molecule has 2 N–H and O–H groups in total. The van der Waals surface area contributed by atoms with E-state index in [1.165, 1.54) is 0 Å². The lowest BCUT2D eigenvalue weighted by Gasteiger charge is -1.97. The molecule has 0 unspecified atom stereocenters. The fourth-order valence-corrected chi connectivity index (χ4v) is 0.409. The summed E-state index contributed by atoms with van der Waals surface area (Å²) in [5, 5.41) is 15.0. The van der Waals surface area contributed by atoms with Crippen molar-refractivity contribution < 1.29 is 19.8 Å². The van der Waals surface area contributed by atoms with E-state index < -0.39 is 23.6 Å². The first kappa shape index (κ1) is 12.3. The molecule has 0 saturated heterocycles. The van der Waals surface area contributed by atoms with Crippen LogP contribution in [0.1, 0.15) is 6.42 Å². The van der Waals surface area contributed by atoms with Crippen molar-refractivity contribution in [3.05, 3.63) is 0 Å². The van der Waals surface area contributed by atoms with Crippen LogP contribution in [-0.2, 0) is 9.59 Å². The van der Waals surface area contributed by atoms with Gasteiger partial charge >= 0.3 is 11.9 Å². The topological polar surface area (TPSA) is 74.6 Å². The fraction of sp³-hybridized carbons (Fsp3) is 0.500. The van der Waals surface area contributed by atoms with E-state index in [1.807, 2.05) is 0 Å². The summed E-state index contributed by atoms with van der Waals surface area (Å²) in [6, 6.07) is 0. The highest BCUT2D eigenvalue weighted by molar-refractivity contribution is 7.81. The number of carbonyl (C=O) groups is 2. The van der Waals surface area contributed by atoms with Crippen LogP contribution >= 0.6 is 26.1 Å². The molecule has 1 atom stereocenters. The molecule has 0 rings (SSSR count). The molecule has 0 aromatic rings. The first-order valence-electron chi connectivity index (χ1n) is 2.16. The highest BCUT2D eigenvalue weighted by Crippen LogP contribution is 1.99. The highest BCUT2D eigenvalue weighted by Gasteiger charge is 2.14. The van der Waals surface area contributed by atoms with Gasteiger partial charge in [0.05, 0.1) is 6.42 Å². The summed E-state index contributed by atoms with van der Waals surface area (Å²) < 4.78 is 0. The zero-order chi connectivity index (χ0) is 7.44. The van der Waals surface area contributed by atoms with Gasteiger partial charge in [-0.3, -0.25) is 9.59 Å². The third kappa shape index (κ3) is 5.77. The van der Waals surface area contributed by atoms with Crippen LogP contribution in [0.2, 0.25) is 0 Å². The van der Waals surface area contributed by atoms with Gasteiger partial charge in [-0.1, -0.05) is 0 Å². The average molecular weight is 184 g/mol. The minimum absolute atomic E-state index is 0. The van der Waals surface area contributed by atoms with E-state index in [0.29, 0.717) is 0 Å². The summed E-state index contributed by atoms with van der Waals surface area (Å²) in [5.41, 5.74) is 0. The van der Waals surface area contributed by atoms with Crippen LogP contribution in [0.3, 0.4) is 0 Å². The van der Waals surface area contributed by atoms with Crippen molar-refractivity contribution in [3.63, 3.8) is 0 Å². The molecule has 0 spiro atoms. The lowest BCUT2D eigenvalue weighted by atomic mass is 10.3. The molecule has 0 aliphatic rings. The Balaban J connectivity index is 0. The van der Waals surface area contributed by atoms with Crippen molar-refractivity contribution in [2.45, 2.75) is 11.7 Å². The summed E-state index contributed by atoms with van der Waals surface area (Å²) in [5.74, 6) is -2.36. The Bertz CT molecular complexity index is 135. The molecule has 0 radical (unpaired) electrons. The molecule has 0 aliphatic heterocycles. The Morgan fingerprint density at radius 1 is 1.40 bits per heavy atom. The van der Waals surface area contributed by atoms with Gasteiger partial charge in [0.25, 0.3) is 0 Å². The van der Waals surface area contributed by atoms with Gasteiger partial charge in [-0.15, -0.1) is 0 Å². The van der Waals surface area contributed by atoms with Gasteiger partial charge in [-0.2, -0.15) is 26.1 Å². The van der Waals surface area contributed by atoms with Gasteiger partial charge in [0, 0.05) is 0 Å². The van der Waals surface area contributed by atoms with Crippen molar-refractivity contribution in [2.75, 3.05) is 0 Å². The van der Waals surface area contributed by atoms with E-state index in [4.69, 9.17) is 10.2 Å². The first-order chi connectivity index (χ1) is 4.04. The molecule has 0 aromatic heterocycles. The maximum absolute atomic E-state index is 9.90. The molecular weight excluding hydrogens is 176 g/mol. The van der Waals surface area contributed by atoms with E-state index in [9.17, 15) is 9.59 Å². The minimum Gasteiger partial charge on any atom is -0.481 e. The van der Waals surface area contributed by atoms with Crippen LogP contribution in [0.5, 0.6) is 0 Å². The fourth-order valence-electron chi connectivity index (χ4n) is 0.253. The Labute approximate surface area is 70.1 Å². The lowest BCUT2D eigenvalue weighted by molar-refractivity contribution is -0.142. The Morgan fingerprint density at radius 3 is 1.90 bits per heavy atom. The summed E-state index contributed by atoms with van der Waals surface area (Å²) in [7, 11) is 0. The molecule has 0 aromatic carbocycles. The number of thiol groups is 1. The predicted octanol–water partition coefficient (Wildman–Crippen LogP) is -0.0431. The smallest absolute Gasteiger partial charge is 0.316 e. The Kier molecular flexibility index (Phi) is 6.69. The predicted molar refractivity (Wildman–Crippen MR) is 43.0 cm³/mol. The van der Waals surface area contributed by atoms with Gasteiger partial charge < -0.3 is 10.2 Å². The normalized spacial score (nSPS) is 11.3. The molecule has 4 nitrogen and oxygen atoms in total. The molecule has 0 amide bonds. The number of hydrogen-bond donors (Lipinski definition) is 3. The zero-order valence-corrected chi connectivity index (χ0v) is 6.84. The summed E-state index contributed by atoms with van der Waals surface area (Å²) in [4.78, 5) is 19.7. The van der Waals surface area contributed by atoms with Crippen LogP contribution in [-0.4, -0.2) is 27.4 Å². The van der Waals surface area contributed by atoms with Gasteiger partial charge in [-0.05, 0) is 0 Å². The number of rotatable bonds is 3. The number of hydrogen-bond acceptors (Lipinski definition) is 3. The molecule has 60 valence electrons. The van der Waals surface area contributed by atoms with E-state index in [1.54, 1.807) is 0 Å². The Hall–Kier alpha value is -0.360. The van der Waals surface area contributed by atoms with Gasteiger partial charge in [0.1, 0.15) is 5.25 Å². The molecule has 10 heavy (non-hydrogen) atoms. The van der Waals surface area contributed by atoms with Gasteiger partial charge in [-0.25, -0.2) is 0 Å². The average Bonchev–Trinajstić information content (AvgIpc) is 1.63. The second-order valence-electron chi connectivity index (χ2n) is 1.45. The van der Waals surface area contributed by atoms with Gasteiger partial charge in [0.15, 0.2) is 0 Å². The summed E-state index contributed by atoms with van der Waals surface area (Å²) >= 11 is 3.48. The Morgan fingerprint density at radius 2 is 1.80 bits per heavy atom. The maximum atomic E-state index is 9.90. The van der Waals surface area contributed by atoms with E-state index in [0.717, 1.165) is 0 Å². The van der Waals surface area contributed by atoms with Crippen molar-refractivity contribution >= 4 is 38.1 Å². The number of carboxylic acid groups (broad SMARTS) is 2. The van der Waals surface area contributed by atoms with Crippen molar-refractivity contribution in [2.24, 2.45) is 0 Å². The monoisotopic (exact) mass is 184 g/mol. The van der Waals surface area contributed by atoms with E-state index >= 15 is 0 Å². The number of aliphatic carboxylic acids is 2. The van der Waals surface area contributed by atoms with E-state index in [2.05, 4.69) is 12.6 Å². The summed E-state index contributed by atoms with van der Waals surface area (Å²) in [6.45, 7) is 0. The van der Waals surface area contributed by atoms with Crippen molar-refractivity contribution in [1.29, 1.82) is 0 Å². The molecule has 0 heterocycles. The standard InChI is InChI=1S/C4H6O4S.H2S/c5-3(6)1-2(9)4(7)8;/h2,9H,1H2,(H,5,6)(H,7,8);1H2/t2-;/m0./s1. The van der Waals surface area contributed by atoms with E-state index in [-0.39, 0.29) is 13.5 Å². The molecular formula is C4H8O4S2. The van der Waals surface area contributed by atoms with Gasteiger partial charge in [0.2, 0.25) is 0 Å². The third-order valence-corrected chi connectivity index (χ3v) is 1.06. The van der Waals surface area contributed by atoms with Crippen LogP contribution in [0.4, 0.5) is 0 Å². The minimum atomic E-state index is -1.21. The second-order valence-corrected chi connectivity index (χ2v) is 2.08. The van der Waals surface area contributed by atoms with Crippen molar-refractivity contribution in [3.8, 4) is 0 Å². The molecule has 6 heteroatoms. The quantitative estimate of drug-likeness (QED) is 0.538. The van der Waals surface area contributed by atoms with Crippen LogP contribution in [0.25, 0.3) is 0 Å². The number of carboxylic acids is 2. The third-order valence-electron chi connectivity index (χ3n) is 0.653. The molecule has 0 saturated carbocycles. The van der Waals surface area contributed by atoms with Crippen LogP contribution < -0.4 is 0 Å². The SMILES string of the molecule is O=C(O)C[C@H](S)C(=O)O.S. The lowest BCUT2D eigenvalue weighted by Crippen LogP contribution is -2.17. The van der Waals surface area contributed by atoms with Crippen LogP contribution in [0.15, 0.2) is 0 Å². The molecule has 0 aliphatic carbocycles. The maximum Gasteiger partial charge on any atom is 0.316 e. The first-order valence-corrected chi connectivity index (χ1v) is 2.68. The molecule has 0 bridgehead atoms. The second kappa shape index (κ2) is 5.43. The zero-order valence-electron chi connectivity index (χ0n) is 4.94. The highest BCUT2D eigenvalue weighted by atomic mass is 32.1. The van der Waals surface area contributed by atoms with Crippen molar-refractivity contribution in [1.82, 2.24) is 0 Å². The largest absolute Gasteiger partial charge is 0.481 e.